The predicted molar refractivity (Wildman–Crippen MR) is 83.0 cm³/mol. The second kappa shape index (κ2) is 6.58. The smallest absolute Gasteiger partial charge is 0.194 e. The molecule has 3 nitrogen and oxygen atoms in total. The first-order valence-electron chi connectivity index (χ1n) is 7.00. The second-order valence-corrected chi connectivity index (χ2v) is 6.43. The zero-order valence-corrected chi connectivity index (χ0v) is 13.3. The van der Waals surface area contributed by atoms with Crippen molar-refractivity contribution in [1.29, 1.82) is 0 Å². The van der Waals surface area contributed by atoms with Crippen LogP contribution in [-0.2, 0) is 6.42 Å². The fraction of sp³-hybridized carbons (Fsp3) is 0.438. The molecule has 0 saturated carbocycles. The Kier molecular flexibility index (Phi) is 5.01. The van der Waals surface area contributed by atoms with E-state index >= 15 is 0 Å². The van der Waals surface area contributed by atoms with Gasteiger partial charge in [-0.3, -0.25) is 0 Å². The van der Waals surface area contributed by atoms with Crippen LogP contribution in [-0.4, -0.2) is 17.1 Å². The van der Waals surface area contributed by atoms with Crippen LogP contribution in [0.25, 0.3) is 11.3 Å². The Balaban J connectivity index is 1.93. The van der Waals surface area contributed by atoms with Gasteiger partial charge < -0.3 is 9.73 Å². The first-order chi connectivity index (χ1) is 9.85. The molecule has 1 heterocycles. The lowest BCUT2D eigenvalue weighted by Crippen LogP contribution is -2.36. The number of aryl methyl sites for hydroxylation is 1. The first-order valence-corrected chi connectivity index (χ1v) is 7.38. The fourth-order valence-corrected chi connectivity index (χ4v) is 2.09. The van der Waals surface area contributed by atoms with Gasteiger partial charge in [-0.1, -0.05) is 11.6 Å². The molecule has 0 spiro atoms. The normalized spacial score (nSPS) is 11.9. The van der Waals surface area contributed by atoms with Crippen molar-refractivity contribution in [3.63, 3.8) is 0 Å². The summed E-state index contributed by atoms with van der Waals surface area (Å²) in [5.41, 5.74) is 0.847. The molecule has 0 amide bonds. The van der Waals surface area contributed by atoms with E-state index < -0.39 is 5.82 Å². The molecule has 5 heteroatoms. The van der Waals surface area contributed by atoms with E-state index in [-0.39, 0.29) is 10.6 Å². The third-order valence-electron chi connectivity index (χ3n) is 2.98. The number of aromatic nitrogens is 1. The van der Waals surface area contributed by atoms with Gasteiger partial charge in [-0.15, -0.1) is 0 Å². The van der Waals surface area contributed by atoms with Crippen LogP contribution in [0.2, 0.25) is 5.02 Å². The highest BCUT2D eigenvalue weighted by Gasteiger charge is 2.10. The molecule has 0 unspecified atom stereocenters. The Hall–Kier alpha value is -1.39. The minimum Gasteiger partial charge on any atom is -0.441 e. The third kappa shape index (κ3) is 4.83. The summed E-state index contributed by atoms with van der Waals surface area (Å²) in [5, 5.41) is 3.50. The predicted octanol–water partition coefficient (Wildman–Crippen LogP) is 4.45. The third-order valence-corrected chi connectivity index (χ3v) is 3.27. The van der Waals surface area contributed by atoms with Gasteiger partial charge in [0, 0.05) is 17.5 Å². The second-order valence-electron chi connectivity index (χ2n) is 6.03. The van der Waals surface area contributed by atoms with Crippen LogP contribution in [0.5, 0.6) is 0 Å². The molecular weight excluding hydrogens is 291 g/mol. The molecule has 2 aromatic rings. The minimum atomic E-state index is -0.437. The summed E-state index contributed by atoms with van der Waals surface area (Å²) in [6, 6.07) is 4.50. The number of nitrogens with one attached hydrogen (secondary N) is 1. The summed E-state index contributed by atoms with van der Waals surface area (Å²) >= 11 is 5.77. The van der Waals surface area contributed by atoms with E-state index in [2.05, 4.69) is 31.1 Å². The van der Waals surface area contributed by atoms with E-state index in [1.807, 2.05) is 0 Å². The Bertz CT molecular complexity index is 605. The van der Waals surface area contributed by atoms with Crippen molar-refractivity contribution in [3.05, 3.63) is 41.1 Å². The van der Waals surface area contributed by atoms with Crippen LogP contribution in [0.3, 0.4) is 0 Å². The number of benzene rings is 1. The van der Waals surface area contributed by atoms with Crippen molar-refractivity contribution in [2.75, 3.05) is 6.54 Å². The highest BCUT2D eigenvalue weighted by Crippen LogP contribution is 2.25. The molecule has 0 saturated heterocycles. The van der Waals surface area contributed by atoms with E-state index in [0.717, 1.165) is 24.9 Å². The zero-order valence-electron chi connectivity index (χ0n) is 12.5. The summed E-state index contributed by atoms with van der Waals surface area (Å²) in [6.07, 6.45) is 3.36. The van der Waals surface area contributed by atoms with Crippen molar-refractivity contribution in [1.82, 2.24) is 10.3 Å². The van der Waals surface area contributed by atoms with Gasteiger partial charge in [0.15, 0.2) is 11.7 Å². The van der Waals surface area contributed by atoms with E-state index in [0.29, 0.717) is 11.7 Å². The maximum Gasteiger partial charge on any atom is 0.194 e. The quantitative estimate of drug-likeness (QED) is 0.829. The topological polar surface area (TPSA) is 38.1 Å². The first kappa shape index (κ1) is 16.0. The van der Waals surface area contributed by atoms with Gasteiger partial charge in [0.05, 0.1) is 11.2 Å². The largest absolute Gasteiger partial charge is 0.441 e. The molecule has 0 bridgehead atoms. The lowest BCUT2D eigenvalue weighted by molar-refractivity contribution is 0.412. The lowest BCUT2D eigenvalue weighted by atomic mass is 10.1. The molecule has 0 aliphatic heterocycles. The monoisotopic (exact) mass is 310 g/mol. The Labute approximate surface area is 129 Å². The van der Waals surface area contributed by atoms with Gasteiger partial charge in [-0.25, -0.2) is 9.37 Å². The maximum atomic E-state index is 13.1. The Morgan fingerprint density at radius 2 is 2.10 bits per heavy atom. The number of hydrogen-bond acceptors (Lipinski definition) is 3. The Morgan fingerprint density at radius 3 is 2.76 bits per heavy atom. The summed E-state index contributed by atoms with van der Waals surface area (Å²) in [7, 11) is 0. The van der Waals surface area contributed by atoms with Gasteiger partial charge >= 0.3 is 0 Å². The van der Waals surface area contributed by atoms with Crippen molar-refractivity contribution < 1.29 is 8.81 Å². The van der Waals surface area contributed by atoms with Crippen LogP contribution in [0, 0.1) is 5.82 Å². The van der Waals surface area contributed by atoms with Crippen molar-refractivity contribution in [3.8, 4) is 11.3 Å². The van der Waals surface area contributed by atoms with E-state index in [1.54, 1.807) is 18.3 Å². The summed E-state index contributed by atoms with van der Waals surface area (Å²) in [5.74, 6) is 0.852. The average Bonchev–Trinajstić information content (AvgIpc) is 2.86. The van der Waals surface area contributed by atoms with E-state index in [9.17, 15) is 4.39 Å². The molecule has 114 valence electrons. The van der Waals surface area contributed by atoms with Crippen molar-refractivity contribution >= 4 is 11.6 Å². The number of hydrogen-bond donors (Lipinski definition) is 1. The number of oxazole rings is 1. The summed E-state index contributed by atoms with van der Waals surface area (Å²) in [6.45, 7) is 7.31. The highest BCUT2D eigenvalue weighted by molar-refractivity contribution is 6.31. The van der Waals surface area contributed by atoms with Crippen LogP contribution in [0.15, 0.2) is 28.8 Å². The minimum absolute atomic E-state index is 0.0832. The molecule has 0 aliphatic rings. The van der Waals surface area contributed by atoms with Crippen molar-refractivity contribution in [2.45, 2.75) is 39.2 Å². The molecular formula is C16H20ClFN2O. The summed E-state index contributed by atoms with van der Waals surface area (Å²) in [4.78, 5) is 4.25. The van der Waals surface area contributed by atoms with E-state index in [1.165, 1.54) is 6.07 Å². The average molecular weight is 311 g/mol. The molecule has 0 atom stereocenters. The lowest BCUT2D eigenvalue weighted by Gasteiger charge is -2.19. The molecule has 1 aromatic heterocycles. The van der Waals surface area contributed by atoms with Gasteiger partial charge in [0.2, 0.25) is 0 Å². The number of nitrogens with zero attached hydrogens (tertiary/aromatic N) is 1. The van der Waals surface area contributed by atoms with Gasteiger partial charge in [-0.2, -0.15) is 0 Å². The Morgan fingerprint density at radius 1 is 1.33 bits per heavy atom. The van der Waals surface area contributed by atoms with Gasteiger partial charge in [0.25, 0.3) is 0 Å². The van der Waals surface area contributed by atoms with Crippen molar-refractivity contribution in [2.24, 2.45) is 0 Å². The molecule has 21 heavy (non-hydrogen) atoms. The highest BCUT2D eigenvalue weighted by atomic mass is 35.5. The van der Waals surface area contributed by atoms with Crippen LogP contribution < -0.4 is 5.32 Å². The fourth-order valence-electron chi connectivity index (χ4n) is 1.91. The number of rotatable bonds is 5. The molecule has 0 radical (unpaired) electrons. The van der Waals surface area contributed by atoms with Crippen LogP contribution >= 0.6 is 11.6 Å². The SMILES string of the molecule is CC(C)(C)NCCCc1ncc(-c2ccc(F)c(Cl)c2)o1. The zero-order chi connectivity index (χ0) is 15.5. The molecule has 2 rings (SSSR count). The van der Waals surface area contributed by atoms with Gasteiger partial charge in [-0.05, 0) is 51.9 Å². The van der Waals surface area contributed by atoms with Gasteiger partial charge in [0.1, 0.15) is 5.82 Å². The number of halogens is 2. The molecule has 0 fully saturated rings. The molecule has 1 N–H and O–H groups in total. The summed E-state index contributed by atoms with van der Waals surface area (Å²) < 4.78 is 18.8. The maximum absolute atomic E-state index is 13.1. The van der Waals surface area contributed by atoms with E-state index in [4.69, 9.17) is 16.0 Å². The molecule has 1 aromatic carbocycles. The van der Waals surface area contributed by atoms with Crippen LogP contribution in [0.4, 0.5) is 4.39 Å². The molecule has 0 aliphatic carbocycles. The van der Waals surface area contributed by atoms with Crippen LogP contribution in [0.1, 0.15) is 33.1 Å². The standard InChI is InChI=1S/C16H20ClFN2O/c1-16(2,3)20-8-4-5-15-19-10-14(21-15)11-6-7-13(18)12(17)9-11/h6-7,9-10,20H,4-5,8H2,1-3H3.